The Hall–Kier alpha value is -1.08. The van der Waals surface area contributed by atoms with Gasteiger partial charge in [0.25, 0.3) is 5.91 Å². The lowest BCUT2D eigenvalue weighted by Gasteiger charge is -2.10. The van der Waals surface area contributed by atoms with E-state index >= 15 is 0 Å². The lowest BCUT2D eigenvalue weighted by Crippen LogP contribution is -2.30. The van der Waals surface area contributed by atoms with Crippen molar-refractivity contribution in [3.63, 3.8) is 0 Å². The van der Waals surface area contributed by atoms with Gasteiger partial charge in [0.05, 0.1) is 15.6 Å². The molecule has 0 unspecified atom stereocenters. The predicted molar refractivity (Wildman–Crippen MR) is 86.2 cm³/mol. The van der Waals surface area contributed by atoms with Gasteiger partial charge in [-0.05, 0) is 57.3 Å². The third-order valence-corrected chi connectivity index (χ3v) is 3.70. The van der Waals surface area contributed by atoms with Gasteiger partial charge in [0, 0.05) is 13.0 Å². The number of esters is 1. The van der Waals surface area contributed by atoms with Crippen molar-refractivity contribution >= 4 is 43.7 Å². The van der Waals surface area contributed by atoms with Gasteiger partial charge in [0.15, 0.2) is 6.61 Å². The Bertz CT molecular complexity index is 474. The third-order valence-electron chi connectivity index (χ3n) is 2.45. The summed E-state index contributed by atoms with van der Waals surface area (Å²) in [5.74, 6) is 0.0980. The first kappa shape index (κ1) is 18.0. The molecule has 21 heavy (non-hydrogen) atoms. The molecule has 0 bridgehead atoms. The highest BCUT2D eigenvalue weighted by Crippen LogP contribution is 2.32. The van der Waals surface area contributed by atoms with Crippen LogP contribution >= 0.6 is 31.9 Å². The number of rotatable bonds is 8. The molecule has 1 aromatic rings. The van der Waals surface area contributed by atoms with Gasteiger partial charge in [-0.15, -0.1) is 0 Å². The maximum absolute atomic E-state index is 11.6. The molecule has 1 amide bonds. The van der Waals surface area contributed by atoms with Crippen molar-refractivity contribution in [2.24, 2.45) is 0 Å². The van der Waals surface area contributed by atoms with Crippen molar-refractivity contribution in [2.45, 2.75) is 19.8 Å². The second-order valence-electron chi connectivity index (χ2n) is 4.10. The second kappa shape index (κ2) is 9.78. The van der Waals surface area contributed by atoms with E-state index in [4.69, 9.17) is 9.47 Å². The van der Waals surface area contributed by atoms with Crippen molar-refractivity contribution in [3.05, 3.63) is 27.1 Å². The number of amides is 1. The lowest BCUT2D eigenvalue weighted by molar-refractivity contribution is -0.143. The Morgan fingerprint density at radius 1 is 1.24 bits per heavy atom. The number of ether oxygens (including phenoxy) is 2. The largest absolute Gasteiger partial charge is 0.481 e. The minimum absolute atomic E-state index is 0.0827. The highest BCUT2D eigenvalue weighted by molar-refractivity contribution is 9.11. The minimum atomic E-state index is -0.250. The first-order valence-corrected chi connectivity index (χ1v) is 8.12. The van der Waals surface area contributed by atoms with Crippen LogP contribution in [0.4, 0.5) is 0 Å². The summed E-state index contributed by atoms with van der Waals surface area (Å²) in [6, 6.07) is 5.52. The number of halogens is 2. The first-order valence-electron chi connectivity index (χ1n) is 6.53. The Labute approximate surface area is 140 Å². The highest BCUT2D eigenvalue weighted by atomic mass is 79.9. The van der Waals surface area contributed by atoms with Crippen LogP contribution in [0.3, 0.4) is 0 Å². The van der Waals surface area contributed by atoms with Crippen molar-refractivity contribution in [3.8, 4) is 5.75 Å². The number of nitrogens with one attached hydrogen (secondary N) is 1. The molecule has 1 rings (SSSR count). The molecular formula is C14H17Br2NO4. The predicted octanol–water partition coefficient (Wildman–Crippen LogP) is 3.05. The van der Waals surface area contributed by atoms with Gasteiger partial charge in [0.1, 0.15) is 5.75 Å². The SMILES string of the molecule is CCOC(=O)CCCNC(=O)COc1c(Br)cccc1Br. The molecular weight excluding hydrogens is 406 g/mol. The molecule has 0 saturated carbocycles. The summed E-state index contributed by atoms with van der Waals surface area (Å²) >= 11 is 6.71. The van der Waals surface area contributed by atoms with E-state index in [1.54, 1.807) is 6.92 Å². The fraction of sp³-hybridized carbons (Fsp3) is 0.429. The topological polar surface area (TPSA) is 64.6 Å². The number of hydrogen-bond acceptors (Lipinski definition) is 4. The van der Waals surface area contributed by atoms with Gasteiger partial charge < -0.3 is 14.8 Å². The third kappa shape index (κ3) is 6.95. The van der Waals surface area contributed by atoms with Crippen LogP contribution in [0.5, 0.6) is 5.75 Å². The summed E-state index contributed by atoms with van der Waals surface area (Å²) in [4.78, 5) is 22.7. The van der Waals surface area contributed by atoms with E-state index in [0.29, 0.717) is 31.7 Å². The van der Waals surface area contributed by atoms with Gasteiger partial charge in [-0.2, -0.15) is 0 Å². The number of benzene rings is 1. The van der Waals surface area contributed by atoms with Gasteiger partial charge in [-0.3, -0.25) is 9.59 Å². The van der Waals surface area contributed by atoms with Crippen LogP contribution in [0, 0.1) is 0 Å². The standard InChI is InChI=1S/C14H17Br2NO4/c1-2-20-13(19)7-4-8-17-12(18)9-21-14-10(15)5-3-6-11(14)16/h3,5-6H,2,4,7-9H2,1H3,(H,17,18). The van der Waals surface area contributed by atoms with Crippen LogP contribution in [0.15, 0.2) is 27.1 Å². The van der Waals surface area contributed by atoms with Crippen molar-refractivity contribution in [1.29, 1.82) is 0 Å². The van der Waals surface area contributed by atoms with Gasteiger partial charge in [-0.1, -0.05) is 6.07 Å². The van der Waals surface area contributed by atoms with Crippen LogP contribution < -0.4 is 10.1 Å². The summed E-state index contributed by atoms with van der Waals surface area (Å²) in [7, 11) is 0. The summed E-state index contributed by atoms with van der Waals surface area (Å²) in [6.45, 7) is 2.47. The van der Waals surface area contributed by atoms with Crippen LogP contribution in [-0.2, 0) is 14.3 Å². The summed E-state index contributed by atoms with van der Waals surface area (Å²) < 4.78 is 11.8. The molecule has 7 heteroatoms. The molecule has 0 fully saturated rings. The number of carbonyl (C=O) groups is 2. The molecule has 5 nitrogen and oxygen atoms in total. The van der Waals surface area contributed by atoms with Crippen molar-refractivity contribution in [1.82, 2.24) is 5.32 Å². The molecule has 0 atom stereocenters. The Morgan fingerprint density at radius 3 is 2.52 bits per heavy atom. The average Bonchev–Trinajstić information content (AvgIpc) is 2.43. The number of para-hydroxylation sites is 1. The van der Waals surface area contributed by atoms with Crippen LogP contribution in [0.2, 0.25) is 0 Å². The molecule has 0 aliphatic rings. The Kier molecular flexibility index (Phi) is 8.37. The van der Waals surface area contributed by atoms with Crippen LogP contribution in [0.25, 0.3) is 0 Å². The van der Waals surface area contributed by atoms with Gasteiger partial charge in [-0.25, -0.2) is 0 Å². The van der Waals surface area contributed by atoms with E-state index in [1.807, 2.05) is 18.2 Å². The van der Waals surface area contributed by atoms with E-state index in [2.05, 4.69) is 37.2 Å². The van der Waals surface area contributed by atoms with Crippen molar-refractivity contribution in [2.75, 3.05) is 19.8 Å². The molecule has 116 valence electrons. The quantitative estimate of drug-likeness (QED) is 0.516. The van der Waals surface area contributed by atoms with E-state index in [-0.39, 0.29) is 18.5 Å². The molecule has 1 aromatic carbocycles. The second-order valence-corrected chi connectivity index (χ2v) is 5.81. The Balaban J connectivity index is 2.24. The molecule has 0 heterocycles. The van der Waals surface area contributed by atoms with E-state index < -0.39 is 0 Å². The van der Waals surface area contributed by atoms with Gasteiger partial charge >= 0.3 is 5.97 Å². The van der Waals surface area contributed by atoms with E-state index in [0.717, 1.165) is 8.95 Å². The number of carbonyl (C=O) groups excluding carboxylic acids is 2. The van der Waals surface area contributed by atoms with Crippen molar-refractivity contribution < 1.29 is 19.1 Å². The molecule has 0 aromatic heterocycles. The van der Waals surface area contributed by atoms with Gasteiger partial charge in [0.2, 0.25) is 0 Å². The Morgan fingerprint density at radius 2 is 1.90 bits per heavy atom. The molecule has 0 spiro atoms. The number of hydrogen-bond donors (Lipinski definition) is 1. The van der Waals surface area contributed by atoms with E-state index in [9.17, 15) is 9.59 Å². The van der Waals surface area contributed by atoms with E-state index in [1.165, 1.54) is 0 Å². The maximum atomic E-state index is 11.6. The maximum Gasteiger partial charge on any atom is 0.305 e. The molecule has 0 aliphatic carbocycles. The fourth-order valence-corrected chi connectivity index (χ4v) is 2.73. The zero-order valence-corrected chi connectivity index (χ0v) is 14.8. The molecule has 0 aliphatic heterocycles. The summed E-state index contributed by atoms with van der Waals surface area (Å²) in [5, 5.41) is 2.69. The molecule has 0 saturated heterocycles. The fourth-order valence-electron chi connectivity index (χ4n) is 1.50. The average molecular weight is 423 g/mol. The normalized spacial score (nSPS) is 10.0. The first-order chi connectivity index (χ1) is 10.0. The lowest BCUT2D eigenvalue weighted by atomic mass is 10.3. The summed E-state index contributed by atoms with van der Waals surface area (Å²) in [6.07, 6.45) is 0.841. The van der Waals surface area contributed by atoms with Crippen LogP contribution in [0.1, 0.15) is 19.8 Å². The van der Waals surface area contributed by atoms with Crippen LogP contribution in [-0.4, -0.2) is 31.6 Å². The zero-order chi connectivity index (χ0) is 15.7. The molecule has 0 radical (unpaired) electrons. The zero-order valence-electron chi connectivity index (χ0n) is 11.7. The molecule has 1 N–H and O–H groups in total. The minimum Gasteiger partial charge on any atom is -0.481 e. The smallest absolute Gasteiger partial charge is 0.305 e. The highest BCUT2D eigenvalue weighted by Gasteiger charge is 2.09. The summed E-state index contributed by atoms with van der Waals surface area (Å²) in [5.41, 5.74) is 0. The monoisotopic (exact) mass is 421 g/mol.